The molecular formula is C87H126N24O21S2. The number of aliphatic hydroxyl groups excluding tert-OH is 1. The van der Waals surface area contributed by atoms with Crippen molar-refractivity contribution >= 4 is 165 Å². The summed E-state index contributed by atoms with van der Waals surface area (Å²) >= 11 is 9.29. The van der Waals surface area contributed by atoms with Crippen molar-refractivity contribution in [3.05, 3.63) is 114 Å². The zero-order valence-corrected chi connectivity index (χ0v) is 77.8. The Morgan fingerprint density at radius 3 is 1.42 bits per heavy atom. The highest BCUT2D eigenvalue weighted by Crippen LogP contribution is 2.25. The number of benzene rings is 4. The first-order chi connectivity index (χ1) is 62.8. The monoisotopic (exact) mass is 1910 g/mol. The molecule has 13 atom stereocenters. The van der Waals surface area contributed by atoms with Crippen LogP contribution in [0.25, 0.3) is 21.7 Å². The summed E-state index contributed by atoms with van der Waals surface area (Å²) in [5.74, 6) is -19.5. The molecule has 0 saturated heterocycles. The summed E-state index contributed by atoms with van der Waals surface area (Å²) in [6.45, 7) is 12.2. The van der Waals surface area contributed by atoms with Crippen molar-refractivity contribution in [2.45, 2.75) is 246 Å². The Morgan fingerprint density at radius 1 is 0.440 bits per heavy atom. The third kappa shape index (κ3) is 37.5. The van der Waals surface area contributed by atoms with E-state index in [4.69, 9.17) is 62.9 Å². The van der Waals surface area contributed by atoms with E-state index in [-0.39, 0.29) is 83.1 Å². The number of guanidine groups is 1. The fraction of sp³-hybridized carbons (Fsp3) is 0.494. The van der Waals surface area contributed by atoms with Crippen molar-refractivity contribution in [3.63, 3.8) is 0 Å². The molecule has 0 saturated carbocycles. The number of hydrogen-bond donors (Lipinski definition) is 27. The van der Waals surface area contributed by atoms with E-state index in [9.17, 15) is 72.2 Å². The molecule has 4 aromatic carbocycles. The van der Waals surface area contributed by atoms with Crippen LogP contribution in [0.1, 0.15) is 150 Å². The van der Waals surface area contributed by atoms with Crippen LogP contribution in [0.4, 0.5) is 0 Å². The van der Waals surface area contributed by atoms with Gasteiger partial charge in [-0.05, 0) is 139 Å². The Hall–Kier alpha value is -13.7. The van der Waals surface area contributed by atoms with Crippen molar-refractivity contribution in [1.29, 1.82) is 5.41 Å². The lowest BCUT2D eigenvalue weighted by atomic mass is 9.97. The van der Waals surface area contributed by atoms with Crippen LogP contribution in [0.5, 0.6) is 5.75 Å². The van der Waals surface area contributed by atoms with Gasteiger partial charge in [0.25, 0.3) is 0 Å². The molecule has 0 bridgehead atoms. The Kier molecular flexibility index (Phi) is 43.4. The summed E-state index contributed by atoms with van der Waals surface area (Å²) in [5, 5.41) is 58.7. The number of rotatable bonds is 57. The molecule has 5 aromatic rings. The maximum atomic E-state index is 15.5. The number of hydrogen-bond acceptors (Lipinski definition) is 25. The fourth-order valence-electron chi connectivity index (χ4n) is 13.8. The van der Waals surface area contributed by atoms with Gasteiger partial charge in [0.1, 0.15) is 90.4 Å². The minimum atomic E-state index is -2.05. The molecule has 134 heavy (non-hydrogen) atoms. The predicted octanol–water partition coefficient (Wildman–Crippen LogP) is -5.45. The lowest BCUT2D eigenvalue weighted by molar-refractivity contribution is -0.138. The van der Waals surface area contributed by atoms with E-state index >= 15 is 24.0 Å². The molecule has 19 amide bonds. The van der Waals surface area contributed by atoms with Crippen molar-refractivity contribution < 1.29 is 101 Å². The number of aliphatic hydroxyl groups is 1. The van der Waals surface area contributed by atoms with Gasteiger partial charge in [0.05, 0.1) is 18.9 Å². The number of primary amides is 5. The average Bonchev–Trinajstić information content (AvgIpc) is 1.68. The average molecular weight is 1910 g/mol. The number of nitrogens with two attached hydrogens (primary N) is 7. The standard InChI is InChI=1S/C87H126N24O21S2/c1-44(112)68(108-73(121)57(29-31-64(89)115)101-81(129)69(86(6,7)133)109-74(122)55(99-46(3)114)22-16-35-97-84(94)95)80(128)105-62(40-51-43-98-54-20-13-12-19-53(51)54)77(125)100-58(30-32-65(90)116)75(123)110-70(87(8,9)134)82(130)106-60(38-47-24-27-52(28-25-47)132-36-33-88)76(124)103-61(39-48-23-26-49-17-10-11-18-50(49)37-48)79(127)111-85(4,5)83(131)107-56(21-14-15-34-96-45(2)113)72(120)104-63(42-67(92)118)78(126)102-59(71(93)119)41-66(91)117/h10-13,17-20,23-28,37,43-44,55-63,68-70,98,112,133-134H,14-16,21-22,29-36,38-42,88H2,1-9H3,(H2,89,115)(H2,90,116)(H2,91,117)(H2,92,118)(H2,93,119)(H,96,113)(H,99,114)(H,100,125)(H,101,129)(H,102,126)(H,103,124)(H,104,120)(H,105,128)(H,106,130)(H,107,131)(H,108,121)(H,109,122)(H,110,123)(H,111,127)(H4,94,95,97)/t44-,55-,56+,57+,58+,59+,60+,61+,62+,63+,68+,69-,70-/m1/s1. The van der Waals surface area contributed by atoms with Crippen LogP contribution < -0.4 is 125 Å². The Labute approximate surface area is 784 Å². The second-order valence-electron chi connectivity index (χ2n) is 33.9. The highest BCUT2D eigenvalue weighted by Gasteiger charge is 2.44. The maximum absolute atomic E-state index is 15.5. The van der Waals surface area contributed by atoms with Gasteiger partial charge in [0.15, 0.2) is 5.96 Å². The van der Waals surface area contributed by atoms with Crippen LogP contribution in [0.3, 0.4) is 0 Å². The molecule has 0 radical (unpaired) electrons. The highest BCUT2D eigenvalue weighted by molar-refractivity contribution is 7.82. The Bertz CT molecular complexity index is 5060. The van der Waals surface area contributed by atoms with Crippen LogP contribution >= 0.6 is 25.3 Å². The molecule has 5 rings (SSSR count). The van der Waals surface area contributed by atoms with Gasteiger partial charge in [-0.2, -0.15) is 25.3 Å². The summed E-state index contributed by atoms with van der Waals surface area (Å²) in [6.07, 6.45) is -5.07. The van der Waals surface area contributed by atoms with E-state index in [0.29, 0.717) is 38.7 Å². The number of ether oxygens (including phenoxy) is 1. The third-order valence-corrected chi connectivity index (χ3v) is 21.4. The van der Waals surface area contributed by atoms with Gasteiger partial charge in [-0.3, -0.25) is 96.5 Å². The highest BCUT2D eigenvalue weighted by atomic mass is 32.1. The van der Waals surface area contributed by atoms with Crippen LogP contribution in [-0.4, -0.2) is 248 Å². The first-order valence-electron chi connectivity index (χ1n) is 43.0. The Morgan fingerprint density at radius 2 is 0.881 bits per heavy atom. The first-order valence-corrected chi connectivity index (χ1v) is 43.9. The zero-order chi connectivity index (χ0) is 100. The van der Waals surface area contributed by atoms with Crippen LogP contribution in [0.15, 0.2) is 97.2 Å². The molecule has 0 aliphatic rings. The second-order valence-corrected chi connectivity index (χ2v) is 36.2. The fourth-order valence-corrected chi connectivity index (χ4v) is 14.2. The van der Waals surface area contributed by atoms with E-state index in [1.807, 2.05) is 6.07 Å². The summed E-state index contributed by atoms with van der Waals surface area (Å²) in [6, 6.07) is 4.69. The Balaban J connectivity index is 1.53. The van der Waals surface area contributed by atoms with Gasteiger partial charge in [-0.1, -0.05) is 72.8 Å². The summed E-state index contributed by atoms with van der Waals surface area (Å²) in [5.41, 5.74) is 38.1. The van der Waals surface area contributed by atoms with Crippen LogP contribution in [-0.2, 0) is 110 Å². The van der Waals surface area contributed by atoms with Gasteiger partial charge in [-0.15, -0.1) is 0 Å². The number of H-pyrrole nitrogens is 1. The SMILES string of the molecule is CC(=O)NCCCC[C@H](NC(=O)C(C)(C)NC(=O)[C@H](Cc1ccc2ccccc2c1)NC(=O)[C@H](Cc1ccc(OCCN)cc1)NC(=O)[C@@H](NC(=O)[C@H](CCC(N)=O)NC(=O)[C@H](Cc1c[nH]c2ccccc12)NC(=O)[C@@H](NC(=O)[C@H](CCC(N)=O)NC(=O)[C@@H](NC(=O)[C@@H](CCCNC(=N)N)NC(C)=O)C(C)(C)S)[C@@H](C)O)C(C)(C)S)C(=O)N[C@@H](CC(N)=O)C(=O)N[C@@H](CC(N)=O)C(N)=O. The summed E-state index contributed by atoms with van der Waals surface area (Å²) in [4.78, 5) is 266. The number of carbonyl (C=O) groups excluding carboxylic acids is 19. The molecule has 0 spiro atoms. The molecule has 45 nitrogen and oxygen atoms in total. The molecule has 0 unspecified atom stereocenters. The number of amides is 19. The quantitative estimate of drug-likeness (QED) is 0.00747. The number of aromatic nitrogens is 1. The number of fused-ring (bicyclic) bond motifs is 2. The van der Waals surface area contributed by atoms with Gasteiger partial charge in [0.2, 0.25) is 112 Å². The molecule has 47 heteroatoms. The lowest BCUT2D eigenvalue weighted by Crippen LogP contribution is -2.65. The van der Waals surface area contributed by atoms with Crippen molar-refractivity contribution in [2.24, 2.45) is 40.1 Å². The van der Waals surface area contributed by atoms with Crippen molar-refractivity contribution in [3.8, 4) is 5.75 Å². The molecule has 732 valence electrons. The zero-order valence-electron chi connectivity index (χ0n) is 76.0. The number of aromatic amines is 1. The second kappa shape index (κ2) is 52.5. The van der Waals surface area contributed by atoms with E-state index in [1.165, 1.54) is 54.7 Å². The maximum Gasteiger partial charge on any atom is 0.245 e. The van der Waals surface area contributed by atoms with E-state index in [0.717, 1.165) is 19.2 Å². The van der Waals surface area contributed by atoms with Gasteiger partial charge in [0, 0.05) is 92.2 Å². The minimum Gasteiger partial charge on any atom is -0.492 e. The topological polar surface area (TPSA) is 756 Å². The van der Waals surface area contributed by atoms with Crippen LogP contribution in [0, 0.1) is 5.41 Å². The van der Waals surface area contributed by atoms with Crippen molar-refractivity contribution in [1.82, 2.24) is 84.7 Å². The number of carbonyl (C=O) groups is 19. The minimum absolute atomic E-state index is 0.00959. The van der Waals surface area contributed by atoms with Gasteiger partial charge >= 0.3 is 0 Å². The lowest BCUT2D eigenvalue weighted by Gasteiger charge is -2.33. The smallest absolute Gasteiger partial charge is 0.245 e. The van der Waals surface area contributed by atoms with Crippen LogP contribution in [0.2, 0.25) is 0 Å². The normalized spacial score (nSPS) is 14.3. The summed E-state index contributed by atoms with van der Waals surface area (Å²) in [7, 11) is 0. The van der Waals surface area contributed by atoms with Gasteiger partial charge in [-0.25, -0.2) is 0 Å². The largest absolute Gasteiger partial charge is 0.492 e. The molecule has 0 aliphatic carbocycles. The first kappa shape index (κ1) is 111. The molecule has 1 heterocycles. The summed E-state index contributed by atoms with van der Waals surface area (Å²) < 4.78 is 2.62. The number of para-hydroxylation sites is 1. The molecular weight excluding hydrogens is 1780 g/mol. The molecule has 1 aromatic heterocycles. The molecule has 0 fully saturated rings. The van der Waals surface area contributed by atoms with Gasteiger partial charge < -0.3 is 135 Å². The number of unbranched alkanes of at least 4 members (excludes halogenated alkanes) is 1. The molecule has 0 aliphatic heterocycles. The van der Waals surface area contributed by atoms with E-state index in [1.54, 1.807) is 84.9 Å². The molecule has 32 N–H and O–H groups in total. The number of thiol groups is 2. The number of nitrogens with one attached hydrogen (secondary N) is 17. The third-order valence-electron chi connectivity index (χ3n) is 20.9. The van der Waals surface area contributed by atoms with E-state index < -0.39 is 245 Å². The predicted molar refractivity (Wildman–Crippen MR) is 499 cm³/mol. The van der Waals surface area contributed by atoms with E-state index in [2.05, 4.69) is 97.4 Å². The van der Waals surface area contributed by atoms with Crippen molar-refractivity contribution in [2.75, 3.05) is 26.2 Å².